The van der Waals surface area contributed by atoms with Gasteiger partial charge in [0.1, 0.15) is 6.10 Å². The van der Waals surface area contributed by atoms with Crippen LogP contribution in [-0.4, -0.2) is 23.9 Å². The quantitative estimate of drug-likeness (QED) is 0.813. The van der Waals surface area contributed by atoms with E-state index in [0.717, 1.165) is 18.4 Å². The van der Waals surface area contributed by atoms with Crippen molar-refractivity contribution in [1.82, 2.24) is 0 Å². The first-order valence-electron chi connectivity index (χ1n) is 5.92. The van der Waals surface area contributed by atoms with Crippen LogP contribution >= 0.6 is 0 Å². The van der Waals surface area contributed by atoms with Crippen LogP contribution in [-0.2, 0) is 9.47 Å². The zero-order chi connectivity index (χ0) is 12.1. The van der Waals surface area contributed by atoms with E-state index in [2.05, 4.69) is 6.58 Å². The zero-order valence-corrected chi connectivity index (χ0v) is 9.79. The number of hydrogen-bond acceptors (Lipinski definition) is 3. The monoisotopic (exact) mass is 234 g/mol. The van der Waals surface area contributed by atoms with Gasteiger partial charge in [-0.1, -0.05) is 36.4 Å². The molecule has 92 valence electrons. The molecular formula is C14H18O3. The lowest BCUT2D eigenvalue weighted by atomic mass is 10.1. The van der Waals surface area contributed by atoms with E-state index in [1.165, 1.54) is 0 Å². The fraction of sp³-hybridized carbons (Fsp3) is 0.429. The van der Waals surface area contributed by atoms with Crippen LogP contribution in [0.1, 0.15) is 24.7 Å². The third kappa shape index (κ3) is 3.16. The van der Waals surface area contributed by atoms with E-state index in [0.29, 0.717) is 6.61 Å². The van der Waals surface area contributed by atoms with E-state index in [9.17, 15) is 5.11 Å². The highest BCUT2D eigenvalue weighted by atomic mass is 16.7. The van der Waals surface area contributed by atoms with Gasteiger partial charge < -0.3 is 14.6 Å². The Labute approximate surface area is 102 Å². The first-order valence-corrected chi connectivity index (χ1v) is 5.92. The van der Waals surface area contributed by atoms with Gasteiger partial charge in [0, 0.05) is 5.56 Å². The summed E-state index contributed by atoms with van der Waals surface area (Å²) in [7, 11) is 0. The molecule has 1 aliphatic rings. The number of aliphatic hydroxyl groups excluding tert-OH is 1. The van der Waals surface area contributed by atoms with E-state index in [1.807, 2.05) is 36.4 Å². The Morgan fingerprint density at radius 1 is 1.35 bits per heavy atom. The van der Waals surface area contributed by atoms with Crippen molar-refractivity contribution >= 4 is 0 Å². The Morgan fingerprint density at radius 3 is 2.82 bits per heavy atom. The molecule has 1 aliphatic heterocycles. The van der Waals surface area contributed by atoms with Crippen LogP contribution in [0, 0.1) is 0 Å². The van der Waals surface area contributed by atoms with Crippen molar-refractivity contribution in [2.45, 2.75) is 31.3 Å². The van der Waals surface area contributed by atoms with Crippen LogP contribution in [0.25, 0.3) is 0 Å². The number of ether oxygens (including phenoxy) is 2. The number of benzene rings is 1. The normalized spacial score (nSPS) is 28.9. The van der Waals surface area contributed by atoms with Gasteiger partial charge in [-0.25, -0.2) is 0 Å². The molecule has 0 aromatic heterocycles. The van der Waals surface area contributed by atoms with Crippen molar-refractivity contribution in [2.24, 2.45) is 0 Å². The van der Waals surface area contributed by atoms with Crippen molar-refractivity contribution in [1.29, 1.82) is 0 Å². The summed E-state index contributed by atoms with van der Waals surface area (Å²) in [5.41, 5.74) is 0.989. The van der Waals surface area contributed by atoms with Gasteiger partial charge in [-0.05, 0) is 12.8 Å². The lowest BCUT2D eigenvalue weighted by Gasteiger charge is -2.34. The van der Waals surface area contributed by atoms with Crippen LogP contribution in [0.5, 0.6) is 0 Å². The van der Waals surface area contributed by atoms with Crippen LogP contribution in [0.2, 0.25) is 0 Å². The molecule has 3 nitrogen and oxygen atoms in total. The Morgan fingerprint density at radius 2 is 2.12 bits per heavy atom. The molecular weight excluding hydrogens is 216 g/mol. The summed E-state index contributed by atoms with van der Waals surface area (Å²) in [6.45, 7) is 4.00. The van der Waals surface area contributed by atoms with E-state index in [4.69, 9.17) is 9.47 Å². The highest BCUT2D eigenvalue weighted by Crippen LogP contribution is 2.28. The molecule has 2 rings (SSSR count). The van der Waals surface area contributed by atoms with Gasteiger partial charge in [0.2, 0.25) is 0 Å². The molecule has 0 bridgehead atoms. The summed E-state index contributed by atoms with van der Waals surface area (Å²) < 4.78 is 11.3. The summed E-state index contributed by atoms with van der Waals surface area (Å²) in [4.78, 5) is 0. The highest BCUT2D eigenvalue weighted by Gasteiger charge is 2.30. The fourth-order valence-electron chi connectivity index (χ4n) is 1.91. The number of hydrogen-bond donors (Lipinski definition) is 1. The van der Waals surface area contributed by atoms with Crippen molar-refractivity contribution in [3.05, 3.63) is 48.6 Å². The SMILES string of the molecule is C=CCC[C@@H]1O[C@H](c2ccccc2)OC[C@H]1O. The maximum atomic E-state index is 9.78. The molecule has 0 spiro atoms. The number of rotatable bonds is 4. The molecule has 1 saturated heterocycles. The van der Waals surface area contributed by atoms with Gasteiger partial charge in [0.15, 0.2) is 6.29 Å². The Bertz CT molecular complexity index is 350. The van der Waals surface area contributed by atoms with Gasteiger partial charge in [-0.15, -0.1) is 6.58 Å². The van der Waals surface area contributed by atoms with E-state index >= 15 is 0 Å². The van der Waals surface area contributed by atoms with Gasteiger partial charge in [0.05, 0.1) is 12.7 Å². The molecule has 0 saturated carbocycles. The molecule has 1 aromatic rings. The second kappa shape index (κ2) is 5.96. The predicted molar refractivity (Wildman–Crippen MR) is 65.4 cm³/mol. The van der Waals surface area contributed by atoms with Gasteiger partial charge >= 0.3 is 0 Å². The van der Waals surface area contributed by atoms with Gasteiger partial charge in [-0.3, -0.25) is 0 Å². The van der Waals surface area contributed by atoms with Gasteiger partial charge in [0.25, 0.3) is 0 Å². The summed E-state index contributed by atoms with van der Waals surface area (Å²) in [6, 6.07) is 9.79. The molecule has 0 amide bonds. The third-order valence-corrected chi connectivity index (χ3v) is 2.87. The van der Waals surface area contributed by atoms with E-state index in [1.54, 1.807) is 0 Å². The topological polar surface area (TPSA) is 38.7 Å². The molecule has 17 heavy (non-hydrogen) atoms. The Hall–Kier alpha value is -1.16. The number of allylic oxidation sites excluding steroid dienone is 1. The fourth-order valence-corrected chi connectivity index (χ4v) is 1.91. The maximum Gasteiger partial charge on any atom is 0.184 e. The standard InChI is InChI=1S/C14H18O3/c1-2-3-9-13-12(15)10-16-14(17-13)11-7-5-4-6-8-11/h2,4-8,12-15H,1,3,9-10H2/t12-,13+,14-/m1/s1. The lowest BCUT2D eigenvalue weighted by Crippen LogP contribution is -2.40. The van der Waals surface area contributed by atoms with Crippen LogP contribution < -0.4 is 0 Å². The lowest BCUT2D eigenvalue weighted by molar-refractivity contribution is -0.257. The first kappa shape index (κ1) is 12.3. The molecule has 1 aromatic carbocycles. The molecule has 0 aliphatic carbocycles. The van der Waals surface area contributed by atoms with E-state index < -0.39 is 6.10 Å². The van der Waals surface area contributed by atoms with Crippen LogP contribution in [0.15, 0.2) is 43.0 Å². The molecule has 1 N–H and O–H groups in total. The van der Waals surface area contributed by atoms with Crippen molar-refractivity contribution in [3.63, 3.8) is 0 Å². The van der Waals surface area contributed by atoms with Gasteiger partial charge in [-0.2, -0.15) is 0 Å². The van der Waals surface area contributed by atoms with Crippen molar-refractivity contribution < 1.29 is 14.6 Å². The second-order valence-corrected chi connectivity index (χ2v) is 4.18. The summed E-state index contributed by atoms with van der Waals surface area (Å²) in [5, 5.41) is 9.78. The third-order valence-electron chi connectivity index (χ3n) is 2.87. The largest absolute Gasteiger partial charge is 0.388 e. The summed E-state index contributed by atoms with van der Waals surface area (Å²) in [5.74, 6) is 0. The minimum atomic E-state index is -0.546. The minimum absolute atomic E-state index is 0.174. The van der Waals surface area contributed by atoms with Crippen LogP contribution in [0.4, 0.5) is 0 Å². The van der Waals surface area contributed by atoms with E-state index in [-0.39, 0.29) is 12.4 Å². The first-order chi connectivity index (χ1) is 8.31. The average Bonchev–Trinajstić information content (AvgIpc) is 2.39. The number of aliphatic hydroxyl groups is 1. The van der Waals surface area contributed by atoms with Crippen LogP contribution in [0.3, 0.4) is 0 Å². The second-order valence-electron chi connectivity index (χ2n) is 4.18. The molecule has 0 radical (unpaired) electrons. The molecule has 3 heteroatoms. The Balaban J connectivity index is 2.00. The summed E-state index contributed by atoms with van der Waals surface area (Å²) in [6.07, 6.45) is 2.36. The molecule has 0 unspecified atom stereocenters. The smallest absolute Gasteiger partial charge is 0.184 e. The van der Waals surface area contributed by atoms with Crippen molar-refractivity contribution in [3.8, 4) is 0 Å². The predicted octanol–water partition coefficient (Wildman–Crippen LogP) is 2.43. The zero-order valence-electron chi connectivity index (χ0n) is 9.79. The van der Waals surface area contributed by atoms with Crippen molar-refractivity contribution in [2.75, 3.05) is 6.61 Å². The molecule has 3 atom stereocenters. The minimum Gasteiger partial charge on any atom is -0.388 e. The molecule has 1 fully saturated rings. The maximum absolute atomic E-state index is 9.78. The molecule has 1 heterocycles. The highest BCUT2D eigenvalue weighted by molar-refractivity contribution is 5.16. The average molecular weight is 234 g/mol. The Kier molecular flexibility index (Phi) is 4.31. The summed E-state index contributed by atoms with van der Waals surface area (Å²) >= 11 is 0.